The van der Waals surface area contributed by atoms with E-state index in [-0.39, 0.29) is 18.9 Å². The summed E-state index contributed by atoms with van der Waals surface area (Å²) >= 11 is 0. The van der Waals surface area contributed by atoms with E-state index in [4.69, 9.17) is 4.52 Å². The molecule has 24 heavy (non-hydrogen) atoms. The van der Waals surface area contributed by atoms with E-state index >= 15 is 0 Å². The summed E-state index contributed by atoms with van der Waals surface area (Å²) in [5.74, 6) is 1.44. The van der Waals surface area contributed by atoms with E-state index in [0.717, 1.165) is 18.6 Å². The first-order valence-corrected chi connectivity index (χ1v) is 7.92. The predicted octanol–water partition coefficient (Wildman–Crippen LogP) is 2.49. The van der Waals surface area contributed by atoms with Crippen molar-refractivity contribution in [3.63, 3.8) is 0 Å². The minimum Gasteiger partial charge on any atom is -0.359 e. The van der Waals surface area contributed by atoms with Crippen molar-refractivity contribution in [3.8, 4) is 0 Å². The highest BCUT2D eigenvalue weighted by Crippen LogP contribution is 2.36. The molecule has 3 rings (SSSR count). The molecule has 0 aromatic carbocycles. The Morgan fingerprint density at radius 1 is 1.21 bits per heavy atom. The second kappa shape index (κ2) is 7.58. The lowest BCUT2D eigenvalue weighted by atomic mass is 9.84. The molecule has 1 fully saturated rings. The van der Waals surface area contributed by atoms with Crippen LogP contribution in [0.4, 0.5) is 16.3 Å². The largest absolute Gasteiger partial charge is 0.359 e. The standard InChI is InChI=1S/C16H19N5O3/c22-15(19-12-4-7-17-8-5-12)6-9-18-16(23)20-14-10-13(24-21-14)11-2-1-3-11/h4-5,7-8,10-11H,1-3,6,9H2,(H,17,19,22)(H2,18,20,21,23). The first-order valence-electron chi connectivity index (χ1n) is 7.92. The fourth-order valence-corrected chi connectivity index (χ4v) is 2.34. The molecule has 0 spiro atoms. The number of carbonyl (C=O) groups excluding carboxylic acids is 2. The Hall–Kier alpha value is -2.90. The number of urea groups is 1. The minimum atomic E-state index is -0.417. The van der Waals surface area contributed by atoms with E-state index in [1.54, 1.807) is 30.6 Å². The highest BCUT2D eigenvalue weighted by Gasteiger charge is 2.24. The zero-order chi connectivity index (χ0) is 16.8. The Balaban J connectivity index is 1.36. The quantitative estimate of drug-likeness (QED) is 0.754. The van der Waals surface area contributed by atoms with Crippen LogP contribution < -0.4 is 16.0 Å². The summed E-state index contributed by atoms with van der Waals surface area (Å²) in [4.78, 5) is 27.4. The van der Waals surface area contributed by atoms with Gasteiger partial charge in [-0.1, -0.05) is 11.6 Å². The highest BCUT2D eigenvalue weighted by atomic mass is 16.5. The normalized spacial score (nSPS) is 13.8. The van der Waals surface area contributed by atoms with Crippen molar-refractivity contribution >= 4 is 23.4 Å². The van der Waals surface area contributed by atoms with Gasteiger partial charge in [0.05, 0.1) is 0 Å². The fraction of sp³-hybridized carbons (Fsp3) is 0.375. The van der Waals surface area contributed by atoms with Crippen LogP contribution in [0.15, 0.2) is 35.1 Å². The molecule has 0 unspecified atom stereocenters. The molecule has 2 heterocycles. The summed E-state index contributed by atoms with van der Waals surface area (Å²) in [6.45, 7) is 0.218. The van der Waals surface area contributed by atoms with Crippen LogP contribution in [0.3, 0.4) is 0 Å². The third-order valence-corrected chi connectivity index (χ3v) is 3.88. The van der Waals surface area contributed by atoms with Gasteiger partial charge in [-0.2, -0.15) is 0 Å². The maximum atomic E-state index is 11.8. The molecule has 0 radical (unpaired) electrons. The third-order valence-electron chi connectivity index (χ3n) is 3.88. The SMILES string of the molecule is O=C(CCNC(=O)Nc1cc(C2CCC2)on1)Nc1ccncc1. The van der Waals surface area contributed by atoms with Gasteiger partial charge in [0, 0.05) is 43.0 Å². The topological polar surface area (TPSA) is 109 Å². The zero-order valence-electron chi connectivity index (χ0n) is 13.1. The Kier molecular flexibility index (Phi) is 5.05. The Morgan fingerprint density at radius 3 is 2.71 bits per heavy atom. The predicted molar refractivity (Wildman–Crippen MR) is 87.6 cm³/mol. The van der Waals surface area contributed by atoms with Gasteiger partial charge < -0.3 is 15.2 Å². The van der Waals surface area contributed by atoms with Gasteiger partial charge in [0.25, 0.3) is 0 Å². The van der Waals surface area contributed by atoms with Crippen molar-refractivity contribution in [1.29, 1.82) is 0 Å². The summed E-state index contributed by atoms with van der Waals surface area (Å²) < 4.78 is 5.22. The number of aromatic nitrogens is 2. The van der Waals surface area contributed by atoms with E-state index < -0.39 is 6.03 Å². The maximum absolute atomic E-state index is 11.8. The van der Waals surface area contributed by atoms with Gasteiger partial charge >= 0.3 is 6.03 Å². The first kappa shape index (κ1) is 16.0. The van der Waals surface area contributed by atoms with Gasteiger partial charge in [-0.15, -0.1) is 0 Å². The fourth-order valence-electron chi connectivity index (χ4n) is 2.34. The van der Waals surface area contributed by atoms with Crippen LogP contribution in [0.5, 0.6) is 0 Å². The Morgan fingerprint density at radius 2 is 2.00 bits per heavy atom. The van der Waals surface area contributed by atoms with Gasteiger partial charge in [0.2, 0.25) is 5.91 Å². The number of pyridine rings is 1. The van der Waals surface area contributed by atoms with Crippen LogP contribution in [0, 0.1) is 0 Å². The Labute approximate surface area is 139 Å². The van der Waals surface area contributed by atoms with E-state index in [0.29, 0.717) is 17.4 Å². The second-order valence-corrected chi connectivity index (χ2v) is 5.66. The second-order valence-electron chi connectivity index (χ2n) is 5.66. The van der Waals surface area contributed by atoms with Crippen LogP contribution in [-0.2, 0) is 4.79 Å². The summed E-state index contributed by atoms with van der Waals surface area (Å²) in [5.41, 5.74) is 0.672. The molecule has 126 valence electrons. The summed E-state index contributed by atoms with van der Waals surface area (Å²) in [5, 5.41) is 11.7. The van der Waals surface area contributed by atoms with Crippen molar-refractivity contribution in [2.45, 2.75) is 31.6 Å². The van der Waals surface area contributed by atoms with Crippen LogP contribution in [0.25, 0.3) is 0 Å². The molecule has 0 atom stereocenters. The summed E-state index contributed by atoms with van der Waals surface area (Å²) in [7, 11) is 0. The number of anilines is 2. The lowest BCUT2D eigenvalue weighted by molar-refractivity contribution is -0.116. The van der Waals surface area contributed by atoms with Crippen molar-refractivity contribution < 1.29 is 14.1 Å². The molecule has 2 aromatic rings. The molecule has 0 bridgehead atoms. The van der Waals surface area contributed by atoms with Gasteiger partial charge in [-0.25, -0.2) is 4.79 Å². The molecular formula is C16H19N5O3. The molecule has 2 aromatic heterocycles. The minimum absolute atomic E-state index is 0.169. The Bertz CT molecular complexity index is 697. The molecule has 8 nitrogen and oxygen atoms in total. The van der Waals surface area contributed by atoms with E-state index in [2.05, 4.69) is 26.1 Å². The molecule has 3 N–H and O–H groups in total. The van der Waals surface area contributed by atoms with Crippen LogP contribution in [0.2, 0.25) is 0 Å². The smallest absolute Gasteiger partial charge is 0.320 e. The highest BCUT2D eigenvalue weighted by molar-refractivity contribution is 5.92. The lowest BCUT2D eigenvalue weighted by Crippen LogP contribution is -2.31. The number of nitrogens with one attached hydrogen (secondary N) is 3. The van der Waals surface area contributed by atoms with Crippen molar-refractivity contribution in [1.82, 2.24) is 15.5 Å². The third kappa shape index (κ3) is 4.31. The monoisotopic (exact) mass is 329 g/mol. The summed E-state index contributed by atoms with van der Waals surface area (Å²) in [6, 6.07) is 4.73. The molecule has 1 saturated carbocycles. The molecular weight excluding hydrogens is 310 g/mol. The first-order chi connectivity index (χ1) is 11.7. The number of amides is 3. The van der Waals surface area contributed by atoms with Crippen LogP contribution >= 0.6 is 0 Å². The van der Waals surface area contributed by atoms with E-state index in [1.807, 2.05) is 0 Å². The maximum Gasteiger partial charge on any atom is 0.320 e. The van der Waals surface area contributed by atoms with Crippen molar-refractivity contribution in [3.05, 3.63) is 36.4 Å². The molecule has 1 aliphatic rings. The van der Waals surface area contributed by atoms with Crippen molar-refractivity contribution in [2.24, 2.45) is 0 Å². The van der Waals surface area contributed by atoms with Gasteiger partial charge in [-0.05, 0) is 25.0 Å². The van der Waals surface area contributed by atoms with Gasteiger partial charge in [0.15, 0.2) is 5.82 Å². The molecule has 1 aliphatic carbocycles. The summed E-state index contributed by atoms with van der Waals surface area (Å²) in [6.07, 6.45) is 6.77. The number of rotatable bonds is 6. The number of nitrogens with zero attached hydrogens (tertiary/aromatic N) is 2. The van der Waals surface area contributed by atoms with Crippen LogP contribution in [0.1, 0.15) is 37.4 Å². The number of carbonyl (C=O) groups is 2. The average molecular weight is 329 g/mol. The zero-order valence-corrected chi connectivity index (χ0v) is 13.1. The number of hydrogen-bond acceptors (Lipinski definition) is 5. The molecule has 0 aliphatic heterocycles. The molecule has 3 amide bonds. The lowest BCUT2D eigenvalue weighted by Gasteiger charge is -2.21. The number of hydrogen-bond donors (Lipinski definition) is 3. The molecule has 0 saturated heterocycles. The van der Waals surface area contributed by atoms with Gasteiger partial charge in [-0.3, -0.25) is 15.1 Å². The molecule has 8 heteroatoms. The van der Waals surface area contributed by atoms with Crippen molar-refractivity contribution in [2.75, 3.05) is 17.2 Å². The van der Waals surface area contributed by atoms with E-state index in [1.165, 1.54) is 6.42 Å². The van der Waals surface area contributed by atoms with E-state index in [9.17, 15) is 9.59 Å². The van der Waals surface area contributed by atoms with Crippen LogP contribution in [-0.4, -0.2) is 28.6 Å². The average Bonchev–Trinajstić information content (AvgIpc) is 2.94. The van der Waals surface area contributed by atoms with Gasteiger partial charge in [0.1, 0.15) is 5.76 Å².